The maximum atomic E-state index is 5.97. The second-order valence-electron chi connectivity index (χ2n) is 4.94. The molecule has 1 aliphatic heterocycles. The number of nitrogens with one attached hydrogen (secondary N) is 1. The number of rotatable bonds is 1. The van der Waals surface area contributed by atoms with E-state index < -0.39 is 0 Å². The van der Waals surface area contributed by atoms with Gasteiger partial charge in [0.15, 0.2) is 0 Å². The van der Waals surface area contributed by atoms with Crippen molar-refractivity contribution in [3.05, 3.63) is 59.1 Å². The average molecular weight is 290 g/mol. The second kappa shape index (κ2) is 5.48. The Balaban J connectivity index is 1.93. The molecule has 0 saturated carbocycles. The van der Waals surface area contributed by atoms with E-state index in [1.54, 1.807) is 0 Å². The third kappa shape index (κ3) is 2.90. The molecule has 3 heteroatoms. The van der Waals surface area contributed by atoms with E-state index in [0.717, 1.165) is 11.4 Å². The fourth-order valence-electron chi connectivity index (χ4n) is 2.42. The number of benzene rings is 2. The van der Waals surface area contributed by atoms with E-state index in [1.807, 2.05) is 23.9 Å². The van der Waals surface area contributed by atoms with Gasteiger partial charge < -0.3 is 5.32 Å². The molecule has 0 radical (unpaired) electrons. The van der Waals surface area contributed by atoms with Gasteiger partial charge >= 0.3 is 0 Å². The van der Waals surface area contributed by atoms with Gasteiger partial charge in [-0.1, -0.05) is 35.9 Å². The Morgan fingerprint density at radius 2 is 1.84 bits per heavy atom. The van der Waals surface area contributed by atoms with E-state index >= 15 is 0 Å². The normalized spacial score (nSPS) is 22.2. The van der Waals surface area contributed by atoms with Crippen LogP contribution in [0.2, 0.25) is 5.02 Å². The van der Waals surface area contributed by atoms with Gasteiger partial charge in [-0.05, 0) is 43.2 Å². The zero-order valence-electron chi connectivity index (χ0n) is 10.8. The van der Waals surface area contributed by atoms with Gasteiger partial charge in [-0.15, -0.1) is 11.8 Å². The van der Waals surface area contributed by atoms with Gasteiger partial charge in [0.05, 0.1) is 0 Å². The van der Waals surface area contributed by atoms with Gasteiger partial charge in [-0.2, -0.15) is 0 Å². The number of thioether (sulfide) groups is 1. The van der Waals surface area contributed by atoms with E-state index in [1.165, 1.54) is 16.1 Å². The van der Waals surface area contributed by atoms with Crippen molar-refractivity contribution in [3.63, 3.8) is 0 Å². The molecule has 0 bridgehead atoms. The van der Waals surface area contributed by atoms with Crippen LogP contribution in [0.1, 0.15) is 24.2 Å². The van der Waals surface area contributed by atoms with Gasteiger partial charge in [0, 0.05) is 26.9 Å². The molecule has 1 heterocycles. The van der Waals surface area contributed by atoms with E-state index in [4.69, 9.17) is 11.6 Å². The maximum Gasteiger partial charge on any atom is 0.0480 e. The van der Waals surface area contributed by atoms with Crippen LogP contribution in [0, 0.1) is 0 Å². The number of anilines is 1. The van der Waals surface area contributed by atoms with Crippen molar-refractivity contribution in [2.45, 2.75) is 29.5 Å². The van der Waals surface area contributed by atoms with Crippen LogP contribution in [0.15, 0.2) is 53.4 Å². The highest BCUT2D eigenvalue weighted by molar-refractivity contribution is 7.99. The summed E-state index contributed by atoms with van der Waals surface area (Å²) in [5, 5.41) is 4.86. The van der Waals surface area contributed by atoms with Crippen LogP contribution in [-0.4, -0.2) is 6.04 Å². The molecule has 0 aromatic heterocycles. The zero-order valence-corrected chi connectivity index (χ0v) is 12.3. The first-order valence-electron chi connectivity index (χ1n) is 6.50. The van der Waals surface area contributed by atoms with Crippen LogP contribution in [0.3, 0.4) is 0 Å². The lowest BCUT2D eigenvalue weighted by Crippen LogP contribution is -2.15. The number of hydrogen-bond donors (Lipinski definition) is 1. The standard InChI is InChI=1S/C16H16ClNS/c1-11-10-16(12-6-8-13(17)9-7-12)19-15-5-3-2-4-14(15)18-11/h2-9,11,16,18H,10H2,1H3/t11-,16-/m1/s1. The second-order valence-corrected chi connectivity index (χ2v) is 6.62. The Labute approximate surface area is 123 Å². The highest BCUT2D eigenvalue weighted by Crippen LogP contribution is 2.44. The first-order valence-corrected chi connectivity index (χ1v) is 7.76. The topological polar surface area (TPSA) is 12.0 Å². The summed E-state index contributed by atoms with van der Waals surface area (Å²) in [5.41, 5.74) is 2.59. The summed E-state index contributed by atoms with van der Waals surface area (Å²) in [7, 11) is 0. The molecule has 0 amide bonds. The van der Waals surface area contributed by atoms with Crippen molar-refractivity contribution < 1.29 is 0 Å². The highest BCUT2D eigenvalue weighted by Gasteiger charge is 2.22. The Hall–Kier alpha value is -1.12. The molecule has 1 aliphatic rings. The molecule has 0 unspecified atom stereocenters. The van der Waals surface area contributed by atoms with Crippen molar-refractivity contribution in [1.29, 1.82) is 0 Å². The number of para-hydroxylation sites is 1. The van der Waals surface area contributed by atoms with Crippen LogP contribution in [0.5, 0.6) is 0 Å². The quantitative estimate of drug-likeness (QED) is 0.756. The maximum absolute atomic E-state index is 5.97. The fourth-order valence-corrected chi connectivity index (χ4v) is 3.94. The highest BCUT2D eigenvalue weighted by atomic mass is 35.5. The first kappa shape index (κ1) is 12.9. The zero-order chi connectivity index (χ0) is 13.2. The third-order valence-electron chi connectivity index (χ3n) is 3.37. The molecule has 0 saturated heterocycles. The summed E-state index contributed by atoms with van der Waals surface area (Å²) < 4.78 is 0. The summed E-state index contributed by atoms with van der Waals surface area (Å²) in [6.07, 6.45) is 1.11. The lowest BCUT2D eigenvalue weighted by Gasteiger charge is -2.17. The Morgan fingerprint density at radius 3 is 2.63 bits per heavy atom. The minimum Gasteiger partial charge on any atom is -0.382 e. The Kier molecular flexibility index (Phi) is 3.72. The van der Waals surface area contributed by atoms with Gasteiger partial charge in [0.2, 0.25) is 0 Å². The van der Waals surface area contributed by atoms with Crippen molar-refractivity contribution >= 4 is 29.1 Å². The largest absolute Gasteiger partial charge is 0.382 e. The van der Waals surface area contributed by atoms with Crippen molar-refractivity contribution in [1.82, 2.24) is 0 Å². The number of fused-ring (bicyclic) bond motifs is 1. The van der Waals surface area contributed by atoms with E-state index in [2.05, 4.69) is 48.6 Å². The lowest BCUT2D eigenvalue weighted by molar-refractivity contribution is 0.700. The molecule has 1 N–H and O–H groups in total. The lowest BCUT2D eigenvalue weighted by atomic mass is 10.1. The molecule has 2 aromatic rings. The molecule has 0 fully saturated rings. The Morgan fingerprint density at radius 1 is 1.11 bits per heavy atom. The summed E-state index contributed by atoms with van der Waals surface area (Å²) in [6, 6.07) is 17.2. The average Bonchev–Trinajstić information content (AvgIpc) is 2.57. The minimum absolute atomic E-state index is 0.469. The van der Waals surface area contributed by atoms with Crippen LogP contribution in [0.25, 0.3) is 0 Å². The van der Waals surface area contributed by atoms with Gasteiger partial charge in [0.1, 0.15) is 0 Å². The third-order valence-corrected chi connectivity index (χ3v) is 4.98. The van der Waals surface area contributed by atoms with Crippen LogP contribution >= 0.6 is 23.4 Å². The van der Waals surface area contributed by atoms with Crippen molar-refractivity contribution in [2.75, 3.05) is 5.32 Å². The van der Waals surface area contributed by atoms with Crippen molar-refractivity contribution in [2.24, 2.45) is 0 Å². The summed E-state index contributed by atoms with van der Waals surface area (Å²) in [4.78, 5) is 1.33. The molecular formula is C16H16ClNS. The smallest absolute Gasteiger partial charge is 0.0480 e. The predicted molar refractivity (Wildman–Crippen MR) is 84.2 cm³/mol. The molecular weight excluding hydrogens is 274 g/mol. The first-order chi connectivity index (χ1) is 9.22. The molecule has 0 aliphatic carbocycles. The number of halogens is 1. The van der Waals surface area contributed by atoms with Crippen molar-refractivity contribution in [3.8, 4) is 0 Å². The van der Waals surface area contributed by atoms with E-state index in [9.17, 15) is 0 Å². The molecule has 2 atom stereocenters. The molecule has 1 nitrogen and oxygen atoms in total. The van der Waals surface area contributed by atoms with E-state index in [-0.39, 0.29) is 0 Å². The SMILES string of the molecule is C[C@@H]1C[C@H](c2ccc(Cl)cc2)Sc2ccccc2N1. The van der Waals surface area contributed by atoms with Gasteiger partial charge in [-0.25, -0.2) is 0 Å². The molecule has 2 aromatic carbocycles. The Bertz CT molecular complexity index is 567. The van der Waals surface area contributed by atoms with Crippen LogP contribution in [-0.2, 0) is 0 Å². The van der Waals surface area contributed by atoms with Gasteiger partial charge in [0.25, 0.3) is 0 Å². The summed E-state index contributed by atoms with van der Waals surface area (Å²) >= 11 is 7.91. The predicted octanol–water partition coefficient (Wildman–Crippen LogP) is 5.38. The van der Waals surface area contributed by atoms with Gasteiger partial charge in [-0.3, -0.25) is 0 Å². The minimum atomic E-state index is 0.469. The molecule has 98 valence electrons. The van der Waals surface area contributed by atoms with Crippen LogP contribution < -0.4 is 5.32 Å². The number of hydrogen-bond acceptors (Lipinski definition) is 2. The molecule has 3 rings (SSSR count). The summed E-state index contributed by atoms with van der Waals surface area (Å²) in [5.74, 6) is 0. The molecule has 19 heavy (non-hydrogen) atoms. The summed E-state index contributed by atoms with van der Waals surface area (Å²) in [6.45, 7) is 2.24. The monoisotopic (exact) mass is 289 g/mol. The fraction of sp³-hybridized carbons (Fsp3) is 0.250. The van der Waals surface area contributed by atoms with E-state index in [0.29, 0.717) is 11.3 Å². The van der Waals surface area contributed by atoms with Crippen LogP contribution in [0.4, 0.5) is 5.69 Å². The molecule has 0 spiro atoms.